The van der Waals surface area contributed by atoms with Gasteiger partial charge in [-0.1, -0.05) is 12.8 Å². The fourth-order valence-corrected chi connectivity index (χ4v) is 3.66. The Kier molecular flexibility index (Phi) is 4.06. The smallest absolute Gasteiger partial charge is 0.323 e. The van der Waals surface area contributed by atoms with Crippen molar-refractivity contribution >= 4 is 11.9 Å². The highest BCUT2D eigenvalue weighted by Crippen LogP contribution is 2.37. The molecular weight excluding hydrogens is 306 g/mol. The molecule has 0 bridgehead atoms. The van der Waals surface area contributed by atoms with E-state index in [1.54, 1.807) is 0 Å². The molecule has 0 radical (unpaired) electrons. The highest BCUT2D eigenvalue weighted by molar-refractivity contribution is 5.90. The summed E-state index contributed by atoms with van der Waals surface area (Å²) >= 11 is 0. The number of hydrogen-bond acceptors (Lipinski definition) is 3. The summed E-state index contributed by atoms with van der Waals surface area (Å²) in [5.74, 6) is -2.93. The highest BCUT2D eigenvalue weighted by Gasteiger charge is 2.49. The van der Waals surface area contributed by atoms with E-state index in [1.165, 1.54) is 4.90 Å². The first kappa shape index (κ1) is 15.9. The topological polar surface area (TPSA) is 69.6 Å². The third-order valence-corrected chi connectivity index (χ3v) is 4.71. The maximum atomic E-state index is 13.5. The van der Waals surface area contributed by atoms with E-state index in [0.29, 0.717) is 12.8 Å². The normalized spacial score (nSPS) is 23.5. The minimum absolute atomic E-state index is 0.262. The number of benzene rings is 1. The Hall–Kier alpha value is -2.02. The molecule has 3 rings (SSSR count). The second-order valence-electron chi connectivity index (χ2n) is 6.22. The molecule has 124 valence electrons. The molecule has 1 saturated carbocycles. The third kappa shape index (κ3) is 2.93. The third-order valence-electron chi connectivity index (χ3n) is 4.71. The van der Waals surface area contributed by atoms with Gasteiger partial charge in [0.05, 0.1) is 11.6 Å². The maximum Gasteiger partial charge on any atom is 0.323 e. The van der Waals surface area contributed by atoms with E-state index in [1.807, 2.05) is 0 Å². The summed E-state index contributed by atoms with van der Waals surface area (Å²) in [6, 6.07) is 2.34. The van der Waals surface area contributed by atoms with Crippen molar-refractivity contribution < 1.29 is 23.5 Å². The lowest BCUT2D eigenvalue weighted by molar-refractivity contribution is -0.153. The van der Waals surface area contributed by atoms with Crippen molar-refractivity contribution in [3.05, 3.63) is 35.4 Å². The molecular formula is C16H18F2N2O3. The molecule has 0 unspecified atom stereocenters. The van der Waals surface area contributed by atoms with Gasteiger partial charge in [0.1, 0.15) is 18.2 Å². The van der Waals surface area contributed by atoms with Crippen LogP contribution in [0.15, 0.2) is 18.2 Å². The number of nitrogens with one attached hydrogen (secondary N) is 1. The number of nitrogens with zero attached hydrogens (tertiary/aromatic N) is 1. The fraction of sp³-hybridized carbons (Fsp3) is 0.500. The summed E-state index contributed by atoms with van der Waals surface area (Å²) in [6.07, 6.45) is 3.12. The lowest BCUT2D eigenvalue weighted by Gasteiger charge is -2.45. The van der Waals surface area contributed by atoms with Crippen LogP contribution in [-0.4, -0.2) is 40.5 Å². The number of carbonyl (C=O) groups excluding carboxylic acids is 1. The minimum atomic E-state index is -1.14. The van der Waals surface area contributed by atoms with Crippen molar-refractivity contribution in [3.63, 3.8) is 0 Å². The van der Waals surface area contributed by atoms with Gasteiger partial charge < -0.3 is 15.3 Å². The number of halogens is 2. The molecule has 1 aromatic carbocycles. The van der Waals surface area contributed by atoms with Gasteiger partial charge in [-0.25, -0.2) is 8.78 Å². The van der Waals surface area contributed by atoms with Gasteiger partial charge in [0.15, 0.2) is 0 Å². The molecule has 2 N–H and O–H groups in total. The van der Waals surface area contributed by atoms with Gasteiger partial charge >= 0.3 is 5.97 Å². The molecule has 1 aliphatic heterocycles. The molecule has 0 aromatic heterocycles. The van der Waals surface area contributed by atoms with Crippen molar-refractivity contribution in [2.45, 2.75) is 37.3 Å². The Morgan fingerprint density at radius 2 is 1.87 bits per heavy atom. The summed E-state index contributed by atoms with van der Waals surface area (Å²) in [6.45, 7) is -0.201. The van der Waals surface area contributed by atoms with Crippen molar-refractivity contribution in [2.75, 3.05) is 13.1 Å². The number of aliphatic carboxylic acids is 1. The molecule has 1 saturated heterocycles. The van der Waals surface area contributed by atoms with Crippen LogP contribution in [0.25, 0.3) is 0 Å². The molecule has 1 aromatic rings. The maximum absolute atomic E-state index is 13.5. The summed E-state index contributed by atoms with van der Waals surface area (Å²) in [5.41, 5.74) is -0.463. The Bertz CT molecular complexity index is 624. The fourth-order valence-electron chi connectivity index (χ4n) is 3.66. The monoisotopic (exact) mass is 324 g/mol. The summed E-state index contributed by atoms with van der Waals surface area (Å²) in [4.78, 5) is 25.3. The van der Waals surface area contributed by atoms with Gasteiger partial charge in [0.25, 0.3) is 0 Å². The predicted octanol–water partition coefficient (Wildman–Crippen LogP) is 1.84. The predicted molar refractivity (Wildman–Crippen MR) is 77.6 cm³/mol. The van der Waals surface area contributed by atoms with E-state index in [9.17, 15) is 18.4 Å². The van der Waals surface area contributed by atoms with Crippen molar-refractivity contribution in [2.24, 2.45) is 0 Å². The van der Waals surface area contributed by atoms with Gasteiger partial charge in [-0.05, 0) is 30.5 Å². The number of amides is 1. The number of carbonyl (C=O) groups is 2. The van der Waals surface area contributed by atoms with E-state index in [0.717, 1.165) is 31.0 Å². The van der Waals surface area contributed by atoms with E-state index in [4.69, 9.17) is 5.11 Å². The first-order chi connectivity index (χ1) is 10.9. The van der Waals surface area contributed by atoms with Crippen LogP contribution in [0.3, 0.4) is 0 Å². The Balaban J connectivity index is 1.95. The van der Waals surface area contributed by atoms with Gasteiger partial charge in [0, 0.05) is 12.6 Å². The first-order valence-electron chi connectivity index (χ1n) is 7.65. The summed E-state index contributed by atoms with van der Waals surface area (Å²) in [7, 11) is 0. The summed E-state index contributed by atoms with van der Waals surface area (Å²) < 4.78 is 27.0. The number of hydrogen-bond donors (Lipinski definition) is 2. The van der Waals surface area contributed by atoms with Crippen LogP contribution in [0, 0.1) is 11.6 Å². The second kappa shape index (κ2) is 5.88. The molecule has 1 spiro atoms. The van der Waals surface area contributed by atoms with Gasteiger partial charge in [-0.2, -0.15) is 0 Å². The molecule has 1 amide bonds. The average molecular weight is 324 g/mol. The molecule has 23 heavy (non-hydrogen) atoms. The lowest BCUT2D eigenvalue weighted by Crippen LogP contribution is -2.64. The number of carboxylic acid groups (broad SMARTS) is 1. The van der Waals surface area contributed by atoms with Gasteiger partial charge in [-0.3, -0.25) is 9.59 Å². The zero-order valence-corrected chi connectivity index (χ0v) is 12.5. The molecule has 1 aliphatic carbocycles. The molecule has 1 atom stereocenters. The van der Waals surface area contributed by atoms with E-state index in [-0.39, 0.29) is 18.0 Å². The molecule has 7 heteroatoms. The van der Waals surface area contributed by atoms with E-state index in [2.05, 4.69) is 5.32 Å². The zero-order valence-electron chi connectivity index (χ0n) is 12.5. The first-order valence-corrected chi connectivity index (χ1v) is 7.65. The van der Waals surface area contributed by atoms with Crippen LogP contribution < -0.4 is 5.32 Å². The van der Waals surface area contributed by atoms with Crippen LogP contribution >= 0.6 is 0 Å². The minimum Gasteiger partial charge on any atom is -0.480 e. The zero-order chi connectivity index (χ0) is 16.6. The van der Waals surface area contributed by atoms with Gasteiger partial charge in [-0.15, -0.1) is 0 Å². The van der Waals surface area contributed by atoms with Crippen LogP contribution in [0.4, 0.5) is 8.78 Å². The molecule has 2 aliphatic rings. The van der Waals surface area contributed by atoms with Crippen LogP contribution in [0.5, 0.6) is 0 Å². The number of carboxylic acids is 1. The Morgan fingerprint density at radius 3 is 2.43 bits per heavy atom. The SMILES string of the molecule is O=C(O)CN1C(=O)C2(CCCC2)NC[C@@H]1c1cc(F)cc(F)c1. The Labute approximate surface area is 132 Å². The second-order valence-corrected chi connectivity index (χ2v) is 6.22. The molecule has 2 fully saturated rings. The summed E-state index contributed by atoms with van der Waals surface area (Å²) in [5, 5.41) is 12.3. The quantitative estimate of drug-likeness (QED) is 0.890. The van der Waals surface area contributed by atoms with Crippen molar-refractivity contribution in [1.82, 2.24) is 10.2 Å². The van der Waals surface area contributed by atoms with Crippen molar-refractivity contribution in [3.8, 4) is 0 Å². The largest absolute Gasteiger partial charge is 0.480 e. The molecule has 1 heterocycles. The number of piperazine rings is 1. The molecule has 5 nitrogen and oxygen atoms in total. The van der Waals surface area contributed by atoms with Crippen LogP contribution in [-0.2, 0) is 9.59 Å². The van der Waals surface area contributed by atoms with Gasteiger partial charge in [0.2, 0.25) is 5.91 Å². The number of rotatable bonds is 3. The van der Waals surface area contributed by atoms with Crippen molar-refractivity contribution in [1.29, 1.82) is 0 Å². The van der Waals surface area contributed by atoms with E-state index < -0.39 is 35.7 Å². The standard InChI is InChI=1S/C16H18F2N2O3/c17-11-5-10(6-12(18)7-11)13-8-19-16(3-1-2-4-16)15(23)20(13)9-14(21)22/h5-7,13,19H,1-4,8-9H2,(H,21,22)/t13-/m1/s1. The van der Waals surface area contributed by atoms with Crippen LogP contribution in [0.1, 0.15) is 37.3 Å². The Morgan fingerprint density at radius 1 is 1.26 bits per heavy atom. The lowest BCUT2D eigenvalue weighted by atomic mass is 9.89. The van der Waals surface area contributed by atoms with E-state index >= 15 is 0 Å². The highest BCUT2D eigenvalue weighted by atomic mass is 19.1. The van der Waals surface area contributed by atoms with Crippen LogP contribution in [0.2, 0.25) is 0 Å². The average Bonchev–Trinajstić information content (AvgIpc) is 2.92.